The molecule has 9 heteroatoms. The molecule has 0 saturated carbocycles. The van der Waals surface area contributed by atoms with Gasteiger partial charge in [0.25, 0.3) is 5.88 Å². The van der Waals surface area contributed by atoms with Gasteiger partial charge in [-0.1, -0.05) is 34.0 Å². The van der Waals surface area contributed by atoms with E-state index >= 15 is 0 Å². The molecule has 2 aromatic carbocycles. The standard InChI is InChI=1S/C19H18ClN3O5/c1-19(2,3)18(25)27-10-26-17(24)15-16(22-23-21-15)28-14-7-5-11-8-13(20)6-4-12(11)9-14/h4-9H,10H2,1-3H3,(H,21,22,23). The molecule has 3 aromatic rings. The highest BCUT2D eigenvalue weighted by molar-refractivity contribution is 6.31. The summed E-state index contributed by atoms with van der Waals surface area (Å²) in [6.07, 6.45) is 0. The van der Waals surface area contributed by atoms with Crippen molar-refractivity contribution in [2.45, 2.75) is 20.8 Å². The van der Waals surface area contributed by atoms with Crippen LogP contribution < -0.4 is 4.74 Å². The molecule has 0 fully saturated rings. The second-order valence-electron chi connectivity index (χ2n) is 6.98. The molecule has 0 bridgehead atoms. The van der Waals surface area contributed by atoms with E-state index in [0.717, 1.165) is 10.8 Å². The minimum Gasteiger partial charge on any atom is -0.436 e. The number of nitrogens with zero attached hydrogens (tertiary/aromatic N) is 2. The fourth-order valence-electron chi connectivity index (χ4n) is 2.22. The first-order valence-corrected chi connectivity index (χ1v) is 8.74. The number of halogens is 1. The van der Waals surface area contributed by atoms with Gasteiger partial charge in [0.05, 0.1) is 5.41 Å². The monoisotopic (exact) mass is 403 g/mol. The number of aromatic amines is 1. The fraction of sp³-hybridized carbons (Fsp3) is 0.263. The van der Waals surface area contributed by atoms with Gasteiger partial charge in [0, 0.05) is 5.02 Å². The van der Waals surface area contributed by atoms with Crippen molar-refractivity contribution in [3.05, 3.63) is 47.1 Å². The second kappa shape index (κ2) is 7.85. The van der Waals surface area contributed by atoms with E-state index in [-0.39, 0.29) is 11.6 Å². The Kier molecular flexibility index (Phi) is 5.51. The van der Waals surface area contributed by atoms with Gasteiger partial charge in [0.2, 0.25) is 12.5 Å². The summed E-state index contributed by atoms with van der Waals surface area (Å²) in [5.74, 6) is -0.901. The number of hydrogen-bond acceptors (Lipinski definition) is 7. The van der Waals surface area contributed by atoms with E-state index in [0.29, 0.717) is 10.8 Å². The summed E-state index contributed by atoms with van der Waals surface area (Å²) in [7, 11) is 0. The van der Waals surface area contributed by atoms with Crippen molar-refractivity contribution < 1.29 is 23.8 Å². The number of hydrogen-bond donors (Lipinski definition) is 1. The van der Waals surface area contributed by atoms with Crippen LogP contribution in [0.2, 0.25) is 5.02 Å². The van der Waals surface area contributed by atoms with Gasteiger partial charge in [-0.05, 0) is 55.8 Å². The Morgan fingerprint density at radius 1 is 1.07 bits per heavy atom. The first-order chi connectivity index (χ1) is 13.2. The van der Waals surface area contributed by atoms with E-state index in [4.69, 9.17) is 25.8 Å². The molecule has 0 spiro atoms. The summed E-state index contributed by atoms with van der Waals surface area (Å²) in [5, 5.41) is 12.2. The number of rotatable bonds is 5. The maximum atomic E-state index is 12.2. The Labute approximate surface area is 165 Å². The Hall–Kier alpha value is -3.13. The van der Waals surface area contributed by atoms with Crippen LogP contribution in [0.25, 0.3) is 10.8 Å². The summed E-state index contributed by atoms with van der Waals surface area (Å²) >= 11 is 5.98. The van der Waals surface area contributed by atoms with Crippen LogP contribution in [0.4, 0.5) is 0 Å². The highest BCUT2D eigenvalue weighted by atomic mass is 35.5. The minimum atomic E-state index is -0.811. The lowest BCUT2D eigenvalue weighted by Crippen LogP contribution is -2.24. The van der Waals surface area contributed by atoms with E-state index in [1.807, 2.05) is 18.2 Å². The normalized spacial score (nSPS) is 11.3. The van der Waals surface area contributed by atoms with Crippen LogP contribution in [0.3, 0.4) is 0 Å². The smallest absolute Gasteiger partial charge is 0.365 e. The molecule has 28 heavy (non-hydrogen) atoms. The number of fused-ring (bicyclic) bond motifs is 1. The first kappa shape index (κ1) is 19.6. The van der Waals surface area contributed by atoms with E-state index < -0.39 is 24.1 Å². The van der Waals surface area contributed by atoms with Crippen LogP contribution in [0.1, 0.15) is 31.3 Å². The van der Waals surface area contributed by atoms with Gasteiger partial charge in [0.15, 0.2) is 0 Å². The van der Waals surface area contributed by atoms with Crippen molar-refractivity contribution in [3.63, 3.8) is 0 Å². The van der Waals surface area contributed by atoms with Gasteiger partial charge in [0.1, 0.15) is 5.75 Å². The molecule has 3 rings (SSSR count). The number of carbonyl (C=O) groups is 2. The molecule has 1 N–H and O–H groups in total. The van der Waals surface area contributed by atoms with E-state index in [9.17, 15) is 9.59 Å². The molecular formula is C19H18ClN3O5. The molecule has 0 saturated heterocycles. The van der Waals surface area contributed by atoms with Crippen molar-refractivity contribution in [1.82, 2.24) is 15.4 Å². The number of ether oxygens (including phenoxy) is 3. The Balaban J connectivity index is 1.67. The first-order valence-electron chi connectivity index (χ1n) is 8.36. The van der Waals surface area contributed by atoms with Gasteiger partial charge in [-0.25, -0.2) is 9.89 Å². The van der Waals surface area contributed by atoms with E-state index in [2.05, 4.69) is 15.4 Å². The largest absolute Gasteiger partial charge is 0.436 e. The number of H-pyrrole nitrogens is 1. The number of nitrogens with one attached hydrogen (secondary N) is 1. The molecular weight excluding hydrogens is 386 g/mol. The Morgan fingerprint density at radius 2 is 1.79 bits per heavy atom. The van der Waals surface area contributed by atoms with Crippen molar-refractivity contribution in [3.8, 4) is 11.6 Å². The van der Waals surface area contributed by atoms with Crippen LogP contribution >= 0.6 is 11.6 Å². The number of aromatic nitrogens is 3. The summed E-state index contributed by atoms with van der Waals surface area (Å²) in [4.78, 5) is 23.9. The Bertz CT molecular complexity index is 1030. The third-order valence-electron chi connectivity index (χ3n) is 3.70. The zero-order chi connectivity index (χ0) is 20.3. The quantitative estimate of drug-likeness (QED) is 0.505. The van der Waals surface area contributed by atoms with E-state index in [1.54, 1.807) is 39.0 Å². The van der Waals surface area contributed by atoms with Crippen molar-refractivity contribution in [2.24, 2.45) is 5.41 Å². The summed E-state index contributed by atoms with van der Waals surface area (Å²) in [6, 6.07) is 10.8. The van der Waals surface area contributed by atoms with Gasteiger partial charge in [-0.3, -0.25) is 4.79 Å². The Morgan fingerprint density at radius 3 is 2.54 bits per heavy atom. The lowest BCUT2D eigenvalue weighted by atomic mass is 9.98. The molecule has 146 valence electrons. The summed E-state index contributed by atoms with van der Waals surface area (Å²) < 4.78 is 15.5. The van der Waals surface area contributed by atoms with Gasteiger partial charge >= 0.3 is 11.9 Å². The van der Waals surface area contributed by atoms with Crippen LogP contribution in [0.5, 0.6) is 11.6 Å². The van der Waals surface area contributed by atoms with Gasteiger partial charge < -0.3 is 14.2 Å². The van der Waals surface area contributed by atoms with Crippen LogP contribution in [-0.4, -0.2) is 34.1 Å². The number of carbonyl (C=O) groups excluding carboxylic acids is 2. The highest BCUT2D eigenvalue weighted by Crippen LogP contribution is 2.27. The molecule has 0 unspecified atom stereocenters. The second-order valence-corrected chi connectivity index (χ2v) is 7.42. The fourth-order valence-corrected chi connectivity index (χ4v) is 2.40. The molecule has 0 aliphatic carbocycles. The summed E-state index contributed by atoms with van der Waals surface area (Å²) in [5.41, 5.74) is -0.792. The third kappa shape index (κ3) is 4.58. The van der Waals surface area contributed by atoms with Crippen molar-refractivity contribution in [2.75, 3.05) is 6.79 Å². The zero-order valence-corrected chi connectivity index (χ0v) is 16.2. The van der Waals surface area contributed by atoms with Crippen LogP contribution in [-0.2, 0) is 14.3 Å². The van der Waals surface area contributed by atoms with Crippen LogP contribution in [0.15, 0.2) is 36.4 Å². The van der Waals surface area contributed by atoms with Crippen molar-refractivity contribution in [1.29, 1.82) is 0 Å². The lowest BCUT2D eigenvalue weighted by Gasteiger charge is -2.16. The highest BCUT2D eigenvalue weighted by Gasteiger charge is 2.24. The van der Waals surface area contributed by atoms with E-state index in [1.165, 1.54) is 0 Å². The molecule has 0 atom stereocenters. The average molecular weight is 404 g/mol. The average Bonchev–Trinajstić information content (AvgIpc) is 3.09. The lowest BCUT2D eigenvalue weighted by molar-refractivity contribution is -0.161. The minimum absolute atomic E-state index is 0.0551. The zero-order valence-electron chi connectivity index (χ0n) is 15.5. The van der Waals surface area contributed by atoms with Crippen LogP contribution in [0, 0.1) is 5.41 Å². The SMILES string of the molecule is CC(C)(C)C(=O)OCOC(=O)c1[nH]nnc1Oc1ccc2cc(Cl)ccc2c1. The van der Waals surface area contributed by atoms with Gasteiger partial charge in [-0.2, -0.15) is 0 Å². The molecule has 0 amide bonds. The number of esters is 2. The maximum Gasteiger partial charge on any atom is 0.365 e. The molecule has 0 aliphatic rings. The molecule has 0 aliphatic heterocycles. The van der Waals surface area contributed by atoms with Gasteiger partial charge in [-0.15, -0.1) is 0 Å². The number of benzene rings is 2. The molecule has 8 nitrogen and oxygen atoms in total. The van der Waals surface area contributed by atoms with Crippen molar-refractivity contribution >= 4 is 34.3 Å². The maximum absolute atomic E-state index is 12.2. The topological polar surface area (TPSA) is 103 Å². The predicted octanol–water partition coefficient (Wildman–Crippen LogP) is 4.11. The third-order valence-corrected chi connectivity index (χ3v) is 3.94. The molecule has 0 radical (unpaired) electrons. The molecule has 1 heterocycles. The summed E-state index contributed by atoms with van der Waals surface area (Å²) in [6.45, 7) is 4.56. The predicted molar refractivity (Wildman–Crippen MR) is 101 cm³/mol. The molecule has 1 aromatic heterocycles.